The normalized spacial score (nSPS) is 15.2. The highest BCUT2D eigenvalue weighted by atomic mass is 35.5. The molecule has 1 atom stereocenters. The van der Waals surface area contributed by atoms with E-state index in [0.717, 1.165) is 21.3 Å². The molecule has 0 spiro atoms. The number of para-hydroxylation sites is 1. The summed E-state index contributed by atoms with van der Waals surface area (Å²) in [6, 6.07) is 25.4. The number of hydrogen-bond donors (Lipinski definition) is 1. The van der Waals surface area contributed by atoms with Crippen molar-refractivity contribution in [2.24, 2.45) is 0 Å². The van der Waals surface area contributed by atoms with Crippen molar-refractivity contribution in [1.82, 2.24) is 19.2 Å². The Kier molecular flexibility index (Phi) is 5.76. The van der Waals surface area contributed by atoms with Gasteiger partial charge < -0.3 is 10.0 Å². The van der Waals surface area contributed by atoms with Crippen molar-refractivity contribution in [2.45, 2.75) is 26.2 Å². The van der Waals surface area contributed by atoms with Gasteiger partial charge in [-0.15, -0.1) is 0 Å². The van der Waals surface area contributed by atoms with Crippen LogP contribution < -0.4 is 16.1 Å². The molecule has 0 saturated carbocycles. The van der Waals surface area contributed by atoms with Crippen molar-refractivity contribution in [2.75, 3.05) is 0 Å². The van der Waals surface area contributed by atoms with Gasteiger partial charge in [-0.2, -0.15) is 4.68 Å². The van der Waals surface area contributed by atoms with Crippen LogP contribution >= 0.6 is 22.9 Å². The average molecular weight is 515 g/mol. The lowest BCUT2D eigenvalue weighted by atomic mass is 10.1. The number of fused-ring (bicyclic) bond motifs is 2. The Balaban J connectivity index is 1.57. The summed E-state index contributed by atoms with van der Waals surface area (Å²) >= 11 is 7.66. The number of aliphatic hydroxyl groups is 1. The minimum absolute atomic E-state index is 0.156. The standard InChI is InChI=1S/C28H23ClN4O2S/c1-18-26-23(15-25(34)31(18)16-20-10-7-11-21(29)14-20)32(17-19-8-3-2-4-9-19)33(27(26)35)28-30-22-12-5-6-13-24(22)36-28/h2-15,25,34H,16-17H2,1H3. The quantitative estimate of drug-likeness (QED) is 0.388. The summed E-state index contributed by atoms with van der Waals surface area (Å²) < 4.78 is 4.59. The molecule has 6 rings (SSSR count). The van der Waals surface area contributed by atoms with Crippen LogP contribution in [0.3, 0.4) is 0 Å². The molecular weight excluding hydrogens is 492 g/mol. The molecule has 1 aliphatic heterocycles. The van der Waals surface area contributed by atoms with Crippen molar-refractivity contribution < 1.29 is 5.11 Å². The monoisotopic (exact) mass is 514 g/mol. The van der Waals surface area contributed by atoms with E-state index in [2.05, 4.69) is 0 Å². The Morgan fingerprint density at radius 3 is 2.50 bits per heavy atom. The highest BCUT2D eigenvalue weighted by molar-refractivity contribution is 7.20. The van der Waals surface area contributed by atoms with Gasteiger partial charge in [0.15, 0.2) is 0 Å². The van der Waals surface area contributed by atoms with Gasteiger partial charge in [-0.05, 0) is 48.4 Å². The zero-order valence-electron chi connectivity index (χ0n) is 19.5. The maximum absolute atomic E-state index is 14.0. The Bertz CT molecular complexity index is 1740. The van der Waals surface area contributed by atoms with E-state index in [1.54, 1.807) is 10.8 Å². The summed E-state index contributed by atoms with van der Waals surface area (Å²) in [5.41, 5.74) is 3.41. The maximum atomic E-state index is 14.0. The number of nitrogens with zero attached hydrogens (tertiary/aromatic N) is 4. The zero-order valence-corrected chi connectivity index (χ0v) is 21.1. The average Bonchev–Trinajstić information content (AvgIpc) is 3.41. The molecule has 8 heteroatoms. The van der Waals surface area contributed by atoms with Crippen LogP contribution in [0.15, 0.2) is 83.7 Å². The zero-order chi connectivity index (χ0) is 24.8. The van der Waals surface area contributed by atoms with E-state index in [0.29, 0.717) is 39.5 Å². The molecule has 1 unspecified atom stereocenters. The van der Waals surface area contributed by atoms with Crippen molar-refractivity contribution in [3.8, 4) is 5.13 Å². The fourth-order valence-corrected chi connectivity index (χ4v) is 5.93. The predicted octanol–water partition coefficient (Wildman–Crippen LogP) is 3.69. The highest BCUT2D eigenvalue weighted by Gasteiger charge is 2.26. The second-order valence-electron chi connectivity index (χ2n) is 8.81. The molecule has 0 amide bonds. The lowest BCUT2D eigenvalue weighted by Gasteiger charge is -2.30. The molecule has 0 saturated heterocycles. The summed E-state index contributed by atoms with van der Waals surface area (Å²) in [4.78, 5) is 20.6. The number of halogens is 1. The molecule has 3 heterocycles. The molecule has 1 aliphatic rings. The van der Waals surface area contributed by atoms with E-state index < -0.39 is 6.23 Å². The van der Waals surface area contributed by atoms with Gasteiger partial charge in [0, 0.05) is 17.3 Å². The minimum atomic E-state index is -0.899. The van der Waals surface area contributed by atoms with Gasteiger partial charge in [-0.3, -0.25) is 9.48 Å². The van der Waals surface area contributed by atoms with Crippen LogP contribution in [0.2, 0.25) is 5.02 Å². The van der Waals surface area contributed by atoms with Gasteiger partial charge >= 0.3 is 0 Å². The molecule has 0 aliphatic carbocycles. The van der Waals surface area contributed by atoms with Crippen LogP contribution in [0.4, 0.5) is 0 Å². The first-order chi connectivity index (χ1) is 17.5. The van der Waals surface area contributed by atoms with Crippen molar-refractivity contribution in [3.63, 3.8) is 0 Å². The maximum Gasteiger partial charge on any atom is 0.283 e. The Labute approximate surface area is 216 Å². The number of thiazole rings is 1. The molecule has 6 nitrogen and oxygen atoms in total. The largest absolute Gasteiger partial charge is 0.370 e. The summed E-state index contributed by atoms with van der Waals surface area (Å²) in [6.07, 6.45) is 0.852. The third-order valence-electron chi connectivity index (χ3n) is 6.48. The summed E-state index contributed by atoms with van der Waals surface area (Å²) in [6.45, 7) is 2.77. The molecule has 1 N–H and O–H groups in total. The van der Waals surface area contributed by atoms with Crippen LogP contribution in [0.1, 0.15) is 18.1 Å². The van der Waals surface area contributed by atoms with E-state index in [4.69, 9.17) is 16.6 Å². The molecule has 0 radical (unpaired) electrons. The highest BCUT2D eigenvalue weighted by Crippen LogP contribution is 2.24. The lowest BCUT2D eigenvalue weighted by molar-refractivity contribution is 0.0924. The fraction of sp³-hybridized carbons (Fsp3) is 0.143. The van der Waals surface area contributed by atoms with Gasteiger partial charge in [-0.1, -0.05) is 77.5 Å². The van der Waals surface area contributed by atoms with E-state index in [1.807, 2.05) is 95.4 Å². The first-order valence-corrected chi connectivity index (χ1v) is 12.8. The van der Waals surface area contributed by atoms with Gasteiger partial charge in [-0.25, -0.2) is 4.98 Å². The number of rotatable bonds is 5. The van der Waals surface area contributed by atoms with Crippen LogP contribution in [0.5, 0.6) is 0 Å². The van der Waals surface area contributed by atoms with Gasteiger partial charge in [0.1, 0.15) is 6.23 Å². The second-order valence-corrected chi connectivity index (χ2v) is 10.3. The molecule has 0 bridgehead atoms. The fourth-order valence-electron chi connectivity index (χ4n) is 4.74. The Morgan fingerprint density at radius 2 is 1.72 bits per heavy atom. The van der Waals surface area contributed by atoms with Crippen LogP contribution in [-0.4, -0.2) is 30.6 Å². The predicted molar refractivity (Wildman–Crippen MR) is 145 cm³/mol. The molecule has 3 aromatic carbocycles. The van der Waals surface area contributed by atoms with E-state index in [1.165, 1.54) is 11.3 Å². The Hall–Kier alpha value is -3.65. The first-order valence-electron chi connectivity index (χ1n) is 11.6. The summed E-state index contributed by atoms with van der Waals surface area (Å²) in [7, 11) is 0. The third kappa shape index (κ3) is 3.95. The summed E-state index contributed by atoms with van der Waals surface area (Å²) in [5.74, 6) is 0. The van der Waals surface area contributed by atoms with E-state index in [9.17, 15) is 9.90 Å². The molecule has 180 valence electrons. The van der Waals surface area contributed by atoms with E-state index in [-0.39, 0.29) is 5.56 Å². The number of hydrogen-bond acceptors (Lipinski definition) is 5. The lowest BCUT2D eigenvalue weighted by Crippen LogP contribution is -2.49. The topological polar surface area (TPSA) is 63.3 Å². The van der Waals surface area contributed by atoms with Crippen molar-refractivity contribution >= 4 is 44.9 Å². The van der Waals surface area contributed by atoms with Gasteiger partial charge in [0.25, 0.3) is 5.56 Å². The molecular formula is C28H23ClN4O2S. The van der Waals surface area contributed by atoms with Crippen molar-refractivity contribution in [1.29, 1.82) is 0 Å². The van der Waals surface area contributed by atoms with Gasteiger partial charge in [0.2, 0.25) is 5.13 Å². The van der Waals surface area contributed by atoms with Crippen LogP contribution in [0.25, 0.3) is 27.1 Å². The molecule has 0 fully saturated rings. The summed E-state index contributed by atoms with van der Waals surface area (Å²) in [5, 5.41) is 13.7. The second kappa shape index (κ2) is 9.09. The van der Waals surface area contributed by atoms with E-state index >= 15 is 0 Å². The van der Waals surface area contributed by atoms with Crippen LogP contribution in [0, 0.1) is 0 Å². The molecule has 2 aromatic heterocycles. The van der Waals surface area contributed by atoms with Crippen LogP contribution in [-0.2, 0) is 13.1 Å². The first kappa shape index (κ1) is 22.8. The molecule has 36 heavy (non-hydrogen) atoms. The number of benzene rings is 3. The Morgan fingerprint density at radius 1 is 0.972 bits per heavy atom. The van der Waals surface area contributed by atoms with Gasteiger partial charge in [0.05, 0.1) is 27.3 Å². The van der Waals surface area contributed by atoms with Crippen molar-refractivity contribution in [3.05, 3.63) is 116 Å². The minimum Gasteiger partial charge on any atom is -0.370 e. The number of aromatic nitrogens is 3. The molecule has 5 aromatic rings. The SMILES string of the molecule is CC1=c2c(n(Cc3ccccc3)n(-c3nc4ccccc4s3)c2=O)=CC(O)N1Cc1cccc(Cl)c1. The number of aliphatic hydroxyl groups excluding tert-OH is 1. The third-order valence-corrected chi connectivity index (χ3v) is 7.73. The smallest absolute Gasteiger partial charge is 0.283 e.